The molecule has 1 heterocycles. The third-order valence-corrected chi connectivity index (χ3v) is 2.79. The van der Waals surface area contributed by atoms with Crippen LogP contribution in [0.1, 0.15) is 26.3 Å². The van der Waals surface area contributed by atoms with Crippen molar-refractivity contribution in [2.75, 3.05) is 6.61 Å². The van der Waals surface area contributed by atoms with Crippen molar-refractivity contribution < 1.29 is 14.5 Å². The first-order valence-corrected chi connectivity index (χ1v) is 7.27. The summed E-state index contributed by atoms with van der Waals surface area (Å²) in [5, 5.41) is 0. The first-order valence-electron chi connectivity index (χ1n) is 7.27. The van der Waals surface area contributed by atoms with E-state index in [1.54, 1.807) is 18.3 Å². The molecule has 0 unspecified atom stereocenters. The minimum absolute atomic E-state index is 0.222. The number of hydrogen-bond acceptors (Lipinski definition) is 5. The molecule has 2 rings (SSSR count). The minimum Gasteiger partial charge on any atom is -0.439 e. The monoisotopic (exact) mass is 302 g/mol. The van der Waals surface area contributed by atoms with E-state index in [9.17, 15) is 0 Å². The van der Waals surface area contributed by atoms with Gasteiger partial charge >= 0.3 is 0 Å². The molecule has 5 nitrogen and oxygen atoms in total. The highest BCUT2D eigenvalue weighted by atomic mass is 17.2. The van der Waals surface area contributed by atoms with Crippen molar-refractivity contribution >= 4 is 0 Å². The molecule has 1 aromatic heterocycles. The maximum absolute atomic E-state index is 6.01. The average molecular weight is 302 g/mol. The van der Waals surface area contributed by atoms with Gasteiger partial charge in [0, 0.05) is 11.6 Å². The van der Waals surface area contributed by atoms with Crippen molar-refractivity contribution in [2.45, 2.75) is 32.7 Å². The lowest BCUT2D eigenvalue weighted by Crippen LogP contribution is -2.34. The SMILES string of the molecule is CCOOc1ccc(Oc2ccc(CC(C)(C)N)cc2)nc1. The van der Waals surface area contributed by atoms with Gasteiger partial charge in [-0.15, -0.1) is 0 Å². The number of hydrogen-bond donors (Lipinski definition) is 1. The Morgan fingerprint density at radius 1 is 1.05 bits per heavy atom. The number of pyridine rings is 1. The Morgan fingerprint density at radius 3 is 2.27 bits per heavy atom. The fourth-order valence-electron chi connectivity index (χ4n) is 1.93. The normalized spacial score (nSPS) is 11.3. The van der Waals surface area contributed by atoms with E-state index < -0.39 is 0 Å². The predicted octanol–water partition coefficient (Wildman–Crippen LogP) is 3.48. The highest BCUT2D eigenvalue weighted by Gasteiger charge is 2.11. The van der Waals surface area contributed by atoms with Crippen molar-refractivity contribution in [1.29, 1.82) is 0 Å². The molecular formula is C17H22N2O3. The Balaban J connectivity index is 1.95. The van der Waals surface area contributed by atoms with Crippen LogP contribution in [0.3, 0.4) is 0 Å². The lowest BCUT2D eigenvalue weighted by Gasteiger charge is -2.18. The zero-order chi connectivity index (χ0) is 16.0. The third-order valence-electron chi connectivity index (χ3n) is 2.79. The Bertz CT molecular complexity index is 574. The van der Waals surface area contributed by atoms with E-state index in [2.05, 4.69) is 4.98 Å². The maximum atomic E-state index is 6.01. The molecule has 22 heavy (non-hydrogen) atoms. The van der Waals surface area contributed by atoms with Crippen molar-refractivity contribution in [3.8, 4) is 17.4 Å². The molecule has 0 radical (unpaired) electrons. The first-order chi connectivity index (χ1) is 10.5. The molecule has 0 aliphatic carbocycles. The second-order valence-corrected chi connectivity index (χ2v) is 5.73. The highest BCUT2D eigenvalue weighted by Crippen LogP contribution is 2.22. The summed E-state index contributed by atoms with van der Waals surface area (Å²) in [5.41, 5.74) is 6.97. The molecule has 0 saturated heterocycles. The molecule has 0 atom stereocenters. The zero-order valence-corrected chi connectivity index (χ0v) is 13.2. The molecule has 0 saturated carbocycles. The zero-order valence-electron chi connectivity index (χ0n) is 13.2. The summed E-state index contributed by atoms with van der Waals surface area (Å²) in [6, 6.07) is 11.3. The lowest BCUT2D eigenvalue weighted by molar-refractivity contribution is -0.202. The largest absolute Gasteiger partial charge is 0.439 e. The summed E-state index contributed by atoms with van der Waals surface area (Å²) < 4.78 is 5.68. The van der Waals surface area contributed by atoms with E-state index in [-0.39, 0.29) is 5.54 Å². The number of nitrogens with zero attached hydrogens (tertiary/aromatic N) is 1. The summed E-state index contributed by atoms with van der Waals surface area (Å²) in [6.07, 6.45) is 2.37. The van der Waals surface area contributed by atoms with E-state index >= 15 is 0 Å². The summed E-state index contributed by atoms with van der Waals surface area (Å²) in [4.78, 5) is 14.0. The van der Waals surface area contributed by atoms with E-state index in [1.807, 2.05) is 45.0 Å². The molecule has 1 aromatic carbocycles. The number of ether oxygens (including phenoxy) is 1. The predicted molar refractivity (Wildman–Crippen MR) is 85.0 cm³/mol. The Morgan fingerprint density at radius 2 is 1.73 bits per heavy atom. The maximum Gasteiger partial charge on any atom is 0.219 e. The molecule has 118 valence electrons. The van der Waals surface area contributed by atoms with Crippen LogP contribution in [-0.4, -0.2) is 17.1 Å². The Labute approximate surface area is 131 Å². The van der Waals surface area contributed by atoms with Crippen molar-refractivity contribution in [2.24, 2.45) is 5.73 Å². The van der Waals surface area contributed by atoms with Crippen molar-refractivity contribution in [1.82, 2.24) is 4.98 Å². The molecule has 0 bridgehead atoms. The number of rotatable bonds is 7. The van der Waals surface area contributed by atoms with Gasteiger partial charge in [-0.25, -0.2) is 4.98 Å². The third kappa shape index (κ3) is 5.35. The Kier molecular flexibility index (Phi) is 5.35. The second kappa shape index (κ2) is 7.24. The molecule has 5 heteroatoms. The highest BCUT2D eigenvalue weighted by molar-refractivity contribution is 5.32. The van der Waals surface area contributed by atoms with Crippen LogP contribution >= 0.6 is 0 Å². The topological polar surface area (TPSA) is 66.6 Å². The summed E-state index contributed by atoms with van der Waals surface area (Å²) >= 11 is 0. The van der Waals surface area contributed by atoms with Gasteiger partial charge in [0.2, 0.25) is 5.88 Å². The number of aromatic nitrogens is 1. The number of nitrogens with two attached hydrogens (primary N) is 1. The second-order valence-electron chi connectivity index (χ2n) is 5.73. The van der Waals surface area contributed by atoms with Gasteiger partial charge in [-0.05, 0) is 51.0 Å². The van der Waals surface area contributed by atoms with Gasteiger partial charge in [0.05, 0.1) is 12.8 Å². The van der Waals surface area contributed by atoms with Crippen LogP contribution in [-0.2, 0) is 11.3 Å². The minimum atomic E-state index is -0.222. The molecule has 2 aromatic rings. The van der Waals surface area contributed by atoms with Crippen LogP contribution in [0.5, 0.6) is 17.4 Å². The van der Waals surface area contributed by atoms with E-state index in [0.717, 1.165) is 12.2 Å². The lowest BCUT2D eigenvalue weighted by atomic mass is 9.96. The standard InChI is InChI=1S/C17H22N2O3/c1-4-20-22-15-9-10-16(19-12-15)21-14-7-5-13(6-8-14)11-17(2,3)18/h5-10,12H,4,11,18H2,1-3H3. The van der Waals surface area contributed by atoms with Crippen LogP contribution < -0.4 is 15.4 Å². The number of benzene rings is 1. The quantitative estimate of drug-likeness (QED) is 0.626. The Hall–Kier alpha value is -2.11. The van der Waals surface area contributed by atoms with Gasteiger partial charge in [0.15, 0.2) is 5.75 Å². The summed E-state index contributed by atoms with van der Waals surface area (Å²) in [7, 11) is 0. The fraction of sp³-hybridized carbons (Fsp3) is 0.353. The van der Waals surface area contributed by atoms with Crippen LogP contribution in [0, 0.1) is 0 Å². The van der Waals surface area contributed by atoms with E-state index in [4.69, 9.17) is 20.2 Å². The van der Waals surface area contributed by atoms with Gasteiger partial charge < -0.3 is 15.4 Å². The van der Waals surface area contributed by atoms with Crippen LogP contribution in [0.2, 0.25) is 0 Å². The molecule has 0 spiro atoms. The van der Waals surface area contributed by atoms with Gasteiger partial charge in [-0.1, -0.05) is 12.1 Å². The fourth-order valence-corrected chi connectivity index (χ4v) is 1.93. The van der Waals surface area contributed by atoms with Crippen LogP contribution in [0.15, 0.2) is 42.6 Å². The molecule has 0 aliphatic heterocycles. The summed E-state index contributed by atoms with van der Waals surface area (Å²) in [6.45, 7) is 6.34. The first kappa shape index (κ1) is 16.3. The molecule has 0 aliphatic rings. The molecular weight excluding hydrogens is 280 g/mol. The van der Waals surface area contributed by atoms with Crippen molar-refractivity contribution in [3.05, 3.63) is 48.2 Å². The van der Waals surface area contributed by atoms with Gasteiger partial charge in [0.25, 0.3) is 0 Å². The van der Waals surface area contributed by atoms with Crippen molar-refractivity contribution in [3.63, 3.8) is 0 Å². The smallest absolute Gasteiger partial charge is 0.219 e. The van der Waals surface area contributed by atoms with Gasteiger partial charge in [-0.2, -0.15) is 4.89 Å². The van der Waals surface area contributed by atoms with Gasteiger partial charge in [0.1, 0.15) is 5.75 Å². The molecule has 0 amide bonds. The van der Waals surface area contributed by atoms with E-state index in [1.165, 1.54) is 5.56 Å². The molecule has 0 fully saturated rings. The average Bonchev–Trinajstić information content (AvgIpc) is 2.47. The molecule has 2 N–H and O–H groups in total. The van der Waals surface area contributed by atoms with Crippen LogP contribution in [0.4, 0.5) is 0 Å². The van der Waals surface area contributed by atoms with E-state index in [0.29, 0.717) is 18.2 Å². The summed E-state index contributed by atoms with van der Waals surface area (Å²) in [5.74, 6) is 1.76. The van der Waals surface area contributed by atoms with Gasteiger partial charge in [-0.3, -0.25) is 0 Å². The van der Waals surface area contributed by atoms with Crippen LogP contribution in [0.25, 0.3) is 0 Å².